The van der Waals surface area contributed by atoms with E-state index < -0.39 is 0 Å². The van der Waals surface area contributed by atoms with E-state index in [0.717, 1.165) is 49.1 Å². The molecule has 0 aliphatic carbocycles. The second-order valence-electron chi connectivity index (χ2n) is 7.19. The first-order valence-corrected chi connectivity index (χ1v) is 10.6. The fourth-order valence-corrected chi connectivity index (χ4v) is 4.27. The number of piperazine rings is 1. The largest absolute Gasteiger partial charge is 0.346 e. The van der Waals surface area contributed by atoms with Crippen LogP contribution in [0.1, 0.15) is 16.7 Å². The standard InChI is InChI=1S/C24H25N3S/c1-19-8-6-11-21(20(19)2)12-7-13-26-14-16-27(17-15-26)24-25-23(18-28-24)22-9-4-3-5-10-22/h3-6,8-11,18H,13-17H2,1-2H3. The molecule has 28 heavy (non-hydrogen) atoms. The van der Waals surface area contributed by atoms with Gasteiger partial charge >= 0.3 is 0 Å². The van der Waals surface area contributed by atoms with Gasteiger partial charge in [-0.15, -0.1) is 11.3 Å². The lowest BCUT2D eigenvalue weighted by Gasteiger charge is -2.33. The third kappa shape index (κ3) is 4.27. The summed E-state index contributed by atoms with van der Waals surface area (Å²) in [4.78, 5) is 9.67. The maximum Gasteiger partial charge on any atom is 0.185 e. The maximum absolute atomic E-state index is 4.85. The van der Waals surface area contributed by atoms with Crippen LogP contribution in [0.25, 0.3) is 11.3 Å². The van der Waals surface area contributed by atoms with Crippen LogP contribution < -0.4 is 4.90 Å². The molecule has 0 unspecified atom stereocenters. The quantitative estimate of drug-likeness (QED) is 0.612. The van der Waals surface area contributed by atoms with E-state index in [4.69, 9.17) is 4.98 Å². The van der Waals surface area contributed by atoms with Crippen LogP contribution in [0.4, 0.5) is 5.13 Å². The van der Waals surface area contributed by atoms with E-state index in [-0.39, 0.29) is 0 Å². The average molecular weight is 388 g/mol. The molecule has 0 spiro atoms. The summed E-state index contributed by atoms with van der Waals surface area (Å²) in [6.45, 7) is 9.19. The number of hydrogen-bond acceptors (Lipinski definition) is 4. The van der Waals surface area contributed by atoms with E-state index >= 15 is 0 Å². The van der Waals surface area contributed by atoms with Gasteiger partial charge in [0.2, 0.25) is 0 Å². The summed E-state index contributed by atoms with van der Waals surface area (Å²) in [5.41, 5.74) is 6.00. The highest BCUT2D eigenvalue weighted by Crippen LogP contribution is 2.27. The van der Waals surface area contributed by atoms with Crippen LogP contribution >= 0.6 is 11.3 Å². The molecule has 1 fully saturated rings. The number of nitrogens with zero attached hydrogens (tertiary/aromatic N) is 3. The monoisotopic (exact) mass is 387 g/mol. The molecule has 1 aliphatic rings. The van der Waals surface area contributed by atoms with Crippen LogP contribution in [0, 0.1) is 25.7 Å². The van der Waals surface area contributed by atoms with Crippen molar-refractivity contribution >= 4 is 16.5 Å². The van der Waals surface area contributed by atoms with E-state index in [0.29, 0.717) is 0 Å². The number of rotatable bonds is 3. The Morgan fingerprint density at radius 2 is 1.75 bits per heavy atom. The van der Waals surface area contributed by atoms with Crippen LogP contribution in [-0.4, -0.2) is 42.6 Å². The number of aryl methyl sites for hydroxylation is 1. The van der Waals surface area contributed by atoms with E-state index in [1.807, 2.05) is 6.07 Å². The predicted molar refractivity (Wildman–Crippen MR) is 119 cm³/mol. The summed E-state index contributed by atoms with van der Waals surface area (Å²) in [5.74, 6) is 6.71. The molecule has 1 saturated heterocycles. The highest BCUT2D eigenvalue weighted by molar-refractivity contribution is 7.14. The van der Waals surface area contributed by atoms with Gasteiger partial charge in [-0.1, -0.05) is 54.3 Å². The minimum atomic E-state index is 0.828. The van der Waals surface area contributed by atoms with E-state index in [2.05, 4.69) is 83.3 Å². The van der Waals surface area contributed by atoms with Crippen LogP contribution in [-0.2, 0) is 0 Å². The van der Waals surface area contributed by atoms with Gasteiger partial charge in [0.1, 0.15) is 0 Å². The van der Waals surface area contributed by atoms with Crippen molar-refractivity contribution in [2.45, 2.75) is 13.8 Å². The third-order valence-corrected chi connectivity index (χ3v) is 6.24. The van der Waals surface area contributed by atoms with Crippen molar-refractivity contribution < 1.29 is 0 Å². The van der Waals surface area contributed by atoms with Crippen molar-refractivity contribution in [3.05, 3.63) is 70.6 Å². The third-order valence-electron chi connectivity index (χ3n) is 5.33. The molecule has 2 heterocycles. The fourth-order valence-electron chi connectivity index (χ4n) is 3.38. The van der Waals surface area contributed by atoms with Crippen LogP contribution in [0.3, 0.4) is 0 Å². The zero-order valence-electron chi connectivity index (χ0n) is 16.5. The predicted octanol–water partition coefficient (Wildman–Crippen LogP) is 4.60. The zero-order valence-corrected chi connectivity index (χ0v) is 17.3. The first-order valence-electron chi connectivity index (χ1n) is 9.74. The van der Waals surface area contributed by atoms with Crippen molar-refractivity contribution in [1.82, 2.24) is 9.88 Å². The van der Waals surface area contributed by atoms with Crippen molar-refractivity contribution in [3.8, 4) is 23.1 Å². The normalized spacial score (nSPS) is 14.6. The molecule has 0 atom stereocenters. The molecule has 3 nitrogen and oxygen atoms in total. The van der Waals surface area contributed by atoms with Crippen LogP contribution in [0.5, 0.6) is 0 Å². The second kappa shape index (κ2) is 8.60. The second-order valence-corrected chi connectivity index (χ2v) is 8.03. The molecule has 1 aliphatic heterocycles. The molecule has 4 rings (SSSR count). The van der Waals surface area contributed by atoms with Gasteiger partial charge in [-0.25, -0.2) is 4.98 Å². The van der Waals surface area contributed by atoms with Crippen molar-refractivity contribution in [3.63, 3.8) is 0 Å². The lowest BCUT2D eigenvalue weighted by Crippen LogP contribution is -2.46. The van der Waals surface area contributed by atoms with Gasteiger partial charge < -0.3 is 4.90 Å². The Bertz CT molecular complexity index is 989. The lowest BCUT2D eigenvalue weighted by atomic mass is 10.0. The molecule has 3 aromatic rings. The minimum absolute atomic E-state index is 0.828. The van der Waals surface area contributed by atoms with Gasteiger partial charge in [-0.3, -0.25) is 4.90 Å². The molecular formula is C24H25N3S. The lowest BCUT2D eigenvalue weighted by molar-refractivity contribution is 0.288. The van der Waals surface area contributed by atoms with Gasteiger partial charge in [0.15, 0.2) is 5.13 Å². The SMILES string of the molecule is Cc1cccc(C#CCN2CCN(c3nc(-c4ccccc4)cs3)CC2)c1C. The molecule has 0 amide bonds. The summed E-state index contributed by atoms with van der Waals surface area (Å²) < 4.78 is 0. The summed E-state index contributed by atoms with van der Waals surface area (Å²) in [6.07, 6.45) is 0. The smallest absolute Gasteiger partial charge is 0.185 e. The summed E-state index contributed by atoms with van der Waals surface area (Å²) in [6, 6.07) is 16.7. The Kier molecular flexibility index (Phi) is 5.76. The van der Waals surface area contributed by atoms with Gasteiger partial charge in [0, 0.05) is 42.7 Å². The molecule has 1 aromatic heterocycles. The number of thiazole rings is 1. The van der Waals surface area contributed by atoms with Gasteiger partial charge in [0.05, 0.1) is 12.2 Å². The molecule has 0 radical (unpaired) electrons. The van der Waals surface area contributed by atoms with Crippen LogP contribution in [0.15, 0.2) is 53.9 Å². The molecule has 2 aromatic carbocycles. The van der Waals surface area contributed by atoms with Gasteiger partial charge in [-0.05, 0) is 31.0 Å². The Morgan fingerprint density at radius 3 is 2.54 bits per heavy atom. The highest BCUT2D eigenvalue weighted by atomic mass is 32.1. The van der Waals surface area contributed by atoms with E-state index in [1.54, 1.807) is 11.3 Å². The molecular weight excluding hydrogens is 362 g/mol. The first-order chi connectivity index (χ1) is 13.7. The van der Waals surface area contributed by atoms with Crippen molar-refractivity contribution in [2.75, 3.05) is 37.6 Å². The minimum Gasteiger partial charge on any atom is -0.346 e. The molecule has 142 valence electrons. The Labute approximate surface area is 171 Å². The number of anilines is 1. The maximum atomic E-state index is 4.85. The fraction of sp³-hybridized carbons (Fsp3) is 0.292. The van der Waals surface area contributed by atoms with Gasteiger partial charge in [-0.2, -0.15) is 0 Å². The van der Waals surface area contributed by atoms with Crippen molar-refractivity contribution in [2.24, 2.45) is 0 Å². The highest BCUT2D eigenvalue weighted by Gasteiger charge is 2.19. The Hall–Kier alpha value is -2.61. The summed E-state index contributed by atoms with van der Waals surface area (Å²) in [7, 11) is 0. The van der Waals surface area contributed by atoms with E-state index in [9.17, 15) is 0 Å². The molecule has 0 bridgehead atoms. The molecule has 0 N–H and O–H groups in total. The van der Waals surface area contributed by atoms with Crippen LogP contribution in [0.2, 0.25) is 0 Å². The number of benzene rings is 2. The van der Waals surface area contributed by atoms with E-state index in [1.165, 1.54) is 16.7 Å². The molecule has 4 heteroatoms. The zero-order chi connectivity index (χ0) is 19.3. The first kappa shape index (κ1) is 18.7. The summed E-state index contributed by atoms with van der Waals surface area (Å²) in [5, 5.41) is 3.28. The topological polar surface area (TPSA) is 19.4 Å². The summed E-state index contributed by atoms with van der Waals surface area (Å²) >= 11 is 1.74. The average Bonchev–Trinajstić information content (AvgIpc) is 3.23. The molecule has 0 saturated carbocycles. The number of aromatic nitrogens is 1. The Balaban J connectivity index is 1.33. The Morgan fingerprint density at radius 1 is 0.964 bits per heavy atom. The number of hydrogen-bond donors (Lipinski definition) is 0. The van der Waals surface area contributed by atoms with Gasteiger partial charge in [0.25, 0.3) is 0 Å². The van der Waals surface area contributed by atoms with Crippen molar-refractivity contribution in [1.29, 1.82) is 0 Å².